The average Bonchev–Trinajstić information content (AvgIpc) is 2.87. The Hall–Kier alpha value is -2.34. The SMILES string of the molecule is COc1ccc(Cl)cc1NC(=O)CCCN1C(=O)[C@@H]2CC=CC[C@H]2C1=O. The molecule has 1 aliphatic carbocycles. The maximum Gasteiger partial charge on any atom is 0.233 e. The molecule has 0 radical (unpaired) electrons. The van der Waals surface area contributed by atoms with Crippen molar-refractivity contribution in [3.8, 4) is 5.75 Å². The molecule has 3 rings (SSSR count). The first-order chi connectivity index (χ1) is 12.5. The van der Waals surface area contributed by atoms with Crippen LogP contribution in [0, 0.1) is 11.8 Å². The predicted molar refractivity (Wildman–Crippen MR) is 97.9 cm³/mol. The van der Waals surface area contributed by atoms with Gasteiger partial charge in [-0.15, -0.1) is 0 Å². The van der Waals surface area contributed by atoms with E-state index >= 15 is 0 Å². The third-order valence-corrected chi connectivity index (χ3v) is 5.06. The van der Waals surface area contributed by atoms with E-state index < -0.39 is 0 Å². The van der Waals surface area contributed by atoms with E-state index in [1.54, 1.807) is 18.2 Å². The summed E-state index contributed by atoms with van der Waals surface area (Å²) in [4.78, 5) is 38.2. The summed E-state index contributed by atoms with van der Waals surface area (Å²) in [5.41, 5.74) is 0.496. The Morgan fingerprint density at radius 2 is 1.88 bits per heavy atom. The van der Waals surface area contributed by atoms with Crippen LogP contribution in [0.5, 0.6) is 5.75 Å². The monoisotopic (exact) mass is 376 g/mol. The van der Waals surface area contributed by atoms with Crippen LogP contribution in [0.2, 0.25) is 5.02 Å². The summed E-state index contributed by atoms with van der Waals surface area (Å²) in [6, 6.07) is 4.97. The van der Waals surface area contributed by atoms with Gasteiger partial charge < -0.3 is 10.1 Å². The van der Waals surface area contributed by atoms with Crippen molar-refractivity contribution in [1.29, 1.82) is 0 Å². The van der Waals surface area contributed by atoms with Crippen molar-refractivity contribution in [3.05, 3.63) is 35.4 Å². The number of nitrogens with zero attached hydrogens (tertiary/aromatic N) is 1. The highest BCUT2D eigenvalue weighted by Gasteiger charge is 2.46. The molecular weight excluding hydrogens is 356 g/mol. The predicted octanol–water partition coefficient (Wildman–Crippen LogP) is 3.02. The molecule has 7 heteroatoms. The third kappa shape index (κ3) is 3.75. The number of carbonyl (C=O) groups excluding carboxylic acids is 3. The van der Waals surface area contributed by atoms with Crippen LogP contribution in [0.3, 0.4) is 0 Å². The number of rotatable bonds is 6. The number of benzene rings is 1. The van der Waals surface area contributed by atoms with Gasteiger partial charge in [-0.05, 0) is 37.5 Å². The number of hydrogen-bond donors (Lipinski definition) is 1. The second-order valence-corrected chi connectivity index (χ2v) is 6.92. The molecule has 0 unspecified atom stereocenters. The molecule has 1 aliphatic heterocycles. The summed E-state index contributed by atoms with van der Waals surface area (Å²) in [7, 11) is 1.51. The Morgan fingerprint density at radius 1 is 1.23 bits per heavy atom. The number of ether oxygens (including phenoxy) is 1. The number of fused-ring (bicyclic) bond motifs is 1. The fourth-order valence-corrected chi connectivity index (χ4v) is 3.65. The van der Waals surface area contributed by atoms with Crippen molar-refractivity contribution in [3.63, 3.8) is 0 Å². The van der Waals surface area contributed by atoms with Gasteiger partial charge in [0, 0.05) is 18.0 Å². The highest BCUT2D eigenvalue weighted by molar-refractivity contribution is 6.31. The molecule has 138 valence electrons. The lowest BCUT2D eigenvalue weighted by Crippen LogP contribution is -2.32. The largest absolute Gasteiger partial charge is 0.495 e. The van der Waals surface area contributed by atoms with Crippen LogP contribution in [0.1, 0.15) is 25.7 Å². The number of allylic oxidation sites excluding steroid dienone is 2. The number of anilines is 1. The topological polar surface area (TPSA) is 75.7 Å². The molecule has 0 aromatic heterocycles. The van der Waals surface area contributed by atoms with Gasteiger partial charge in [-0.2, -0.15) is 0 Å². The summed E-state index contributed by atoms with van der Waals surface area (Å²) in [5.74, 6) is -0.371. The van der Waals surface area contributed by atoms with Gasteiger partial charge >= 0.3 is 0 Å². The zero-order chi connectivity index (χ0) is 18.7. The third-order valence-electron chi connectivity index (χ3n) is 4.82. The molecule has 1 heterocycles. The fourth-order valence-electron chi connectivity index (χ4n) is 3.48. The first kappa shape index (κ1) is 18.5. The number of imide groups is 1. The molecule has 0 bridgehead atoms. The first-order valence-corrected chi connectivity index (χ1v) is 9.02. The average molecular weight is 377 g/mol. The molecule has 6 nitrogen and oxygen atoms in total. The molecular formula is C19H21ClN2O4. The number of methoxy groups -OCH3 is 1. The molecule has 1 aromatic rings. The second-order valence-electron chi connectivity index (χ2n) is 6.48. The van der Waals surface area contributed by atoms with Crippen molar-refractivity contribution in [2.24, 2.45) is 11.8 Å². The van der Waals surface area contributed by atoms with Gasteiger partial charge in [-0.25, -0.2) is 0 Å². The Bertz CT molecular complexity index is 736. The standard InChI is InChI=1S/C19H21ClN2O4/c1-26-16-9-8-12(20)11-15(16)21-17(23)7-4-10-22-18(24)13-5-2-3-6-14(13)19(22)25/h2-3,8-9,11,13-14H,4-7,10H2,1H3,(H,21,23)/t13-,14-/m1/s1. The highest BCUT2D eigenvalue weighted by atomic mass is 35.5. The zero-order valence-electron chi connectivity index (χ0n) is 14.5. The van der Waals surface area contributed by atoms with Crippen molar-refractivity contribution < 1.29 is 19.1 Å². The summed E-state index contributed by atoms with van der Waals surface area (Å²) in [5, 5.41) is 3.24. The van der Waals surface area contributed by atoms with Crippen LogP contribution in [-0.4, -0.2) is 36.3 Å². The van der Waals surface area contributed by atoms with Crippen molar-refractivity contribution >= 4 is 35.0 Å². The van der Waals surface area contributed by atoms with Crippen LogP contribution < -0.4 is 10.1 Å². The minimum atomic E-state index is -0.225. The molecule has 2 aliphatic rings. The number of likely N-dealkylation sites (tertiary alicyclic amines) is 1. The fraction of sp³-hybridized carbons (Fsp3) is 0.421. The normalized spacial score (nSPS) is 21.7. The minimum Gasteiger partial charge on any atom is -0.495 e. The number of amides is 3. The summed E-state index contributed by atoms with van der Waals surface area (Å²) in [6.07, 6.45) is 5.78. The lowest BCUT2D eigenvalue weighted by Gasteiger charge is -2.15. The Labute approximate surface area is 157 Å². The Morgan fingerprint density at radius 3 is 2.50 bits per heavy atom. The van der Waals surface area contributed by atoms with E-state index in [0.717, 1.165) is 0 Å². The zero-order valence-corrected chi connectivity index (χ0v) is 15.3. The summed E-state index contributed by atoms with van der Waals surface area (Å²) in [6.45, 7) is 0.269. The molecule has 26 heavy (non-hydrogen) atoms. The minimum absolute atomic E-state index is 0.110. The van der Waals surface area contributed by atoms with E-state index in [4.69, 9.17) is 16.3 Å². The molecule has 2 atom stereocenters. The molecule has 1 aromatic carbocycles. The molecule has 0 spiro atoms. The number of nitrogens with one attached hydrogen (secondary N) is 1. The number of hydrogen-bond acceptors (Lipinski definition) is 4. The molecule has 0 saturated carbocycles. The van der Waals surface area contributed by atoms with Gasteiger partial charge in [0.1, 0.15) is 5.75 Å². The lowest BCUT2D eigenvalue weighted by molar-refractivity contribution is -0.140. The smallest absolute Gasteiger partial charge is 0.233 e. The maximum absolute atomic E-state index is 12.4. The van der Waals surface area contributed by atoms with Crippen LogP contribution in [0.25, 0.3) is 0 Å². The van der Waals surface area contributed by atoms with Crippen LogP contribution >= 0.6 is 11.6 Å². The van der Waals surface area contributed by atoms with Crippen LogP contribution in [-0.2, 0) is 14.4 Å². The number of carbonyl (C=O) groups is 3. The Balaban J connectivity index is 1.52. The molecule has 3 amide bonds. The maximum atomic E-state index is 12.4. The van der Waals surface area contributed by atoms with Gasteiger partial charge in [0.2, 0.25) is 17.7 Å². The van der Waals surface area contributed by atoms with Gasteiger partial charge in [-0.1, -0.05) is 23.8 Å². The van der Waals surface area contributed by atoms with Gasteiger partial charge in [0.15, 0.2) is 0 Å². The van der Waals surface area contributed by atoms with E-state index in [0.29, 0.717) is 35.7 Å². The number of halogens is 1. The van der Waals surface area contributed by atoms with Crippen molar-refractivity contribution in [1.82, 2.24) is 4.90 Å². The Kier molecular flexibility index (Phi) is 5.61. The van der Waals surface area contributed by atoms with E-state index in [9.17, 15) is 14.4 Å². The molecule has 1 fully saturated rings. The van der Waals surface area contributed by atoms with Crippen molar-refractivity contribution in [2.45, 2.75) is 25.7 Å². The van der Waals surface area contributed by atoms with Crippen LogP contribution in [0.4, 0.5) is 5.69 Å². The lowest BCUT2D eigenvalue weighted by atomic mass is 9.85. The van der Waals surface area contributed by atoms with Gasteiger partial charge in [0.05, 0.1) is 24.6 Å². The highest BCUT2D eigenvalue weighted by Crippen LogP contribution is 2.35. The van der Waals surface area contributed by atoms with E-state index in [1.165, 1.54) is 12.0 Å². The van der Waals surface area contributed by atoms with Crippen LogP contribution in [0.15, 0.2) is 30.4 Å². The van der Waals surface area contributed by atoms with Gasteiger partial charge in [-0.3, -0.25) is 19.3 Å². The van der Waals surface area contributed by atoms with E-state index in [1.807, 2.05) is 12.2 Å². The summed E-state index contributed by atoms with van der Waals surface area (Å²) >= 11 is 5.95. The quantitative estimate of drug-likeness (QED) is 0.611. The van der Waals surface area contributed by atoms with Crippen molar-refractivity contribution in [2.75, 3.05) is 19.0 Å². The molecule has 1 saturated heterocycles. The first-order valence-electron chi connectivity index (χ1n) is 8.65. The van der Waals surface area contributed by atoms with E-state index in [2.05, 4.69) is 5.32 Å². The molecule has 1 N–H and O–H groups in total. The van der Waals surface area contributed by atoms with E-state index in [-0.39, 0.29) is 42.5 Å². The van der Waals surface area contributed by atoms with Gasteiger partial charge in [0.25, 0.3) is 0 Å². The second kappa shape index (κ2) is 7.91. The summed E-state index contributed by atoms with van der Waals surface area (Å²) < 4.78 is 5.19.